The Hall–Kier alpha value is -8.54. The zero-order valence-corrected chi connectivity index (χ0v) is 36.8. The van der Waals surface area contributed by atoms with E-state index in [0.29, 0.717) is 0 Å². The fraction of sp³-hybridized carbons (Fsp3) is 0.0645. The largest absolute Gasteiger partial charge is 0.404 e. The molecular formula is C62H40N4O+2. The van der Waals surface area contributed by atoms with Crippen molar-refractivity contribution in [3.05, 3.63) is 229 Å². The zero-order chi connectivity index (χ0) is 43.9. The summed E-state index contributed by atoms with van der Waals surface area (Å²) in [7, 11) is 0. The van der Waals surface area contributed by atoms with Crippen LogP contribution in [0.4, 0.5) is 17.1 Å². The minimum absolute atomic E-state index is 0.290. The summed E-state index contributed by atoms with van der Waals surface area (Å²) in [5.74, 6) is 2.84. The van der Waals surface area contributed by atoms with Crippen molar-refractivity contribution in [2.24, 2.45) is 0 Å². The molecular weight excluding hydrogens is 817 g/mol. The van der Waals surface area contributed by atoms with Gasteiger partial charge < -0.3 is 9.64 Å². The van der Waals surface area contributed by atoms with E-state index < -0.39 is 5.66 Å². The number of aromatic nitrogens is 3. The molecule has 0 radical (unpaired) electrons. The lowest BCUT2D eigenvalue weighted by molar-refractivity contribution is -0.938. The van der Waals surface area contributed by atoms with Gasteiger partial charge >= 0.3 is 11.5 Å². The van der Waals surface area contributed by atoms with Crippen LogP contribution in [0.3, 0.4) is 0 Å². The molecule has 3 aromatic heterocycles. The first-order valence-corrected chi connectivity index (χ1v) is 23.3. The fourth-order valence-electron chi connectivity index (χ4n) is 12.8. The molecule has 8 heterocycles. The Labute approximate surface area is 387 Å². The highest BCUT2D eigenvalue weighted by Gasteiger charge is 2.73. The van der Waals surface area contributed by atoms with E-state index in [9.17, 15) is 0 Å². The Morgan fingerprint density at radius 2 is 1.00 bits per heavy atom. The van der Waals surface area contributed by atoms with Gasteiger partial charge in [-0.05, 0) is 92.0 Å². The van der Waals surface area contributed by atoms with Crippen molar-refractivity contribution < 1.29 is 13.9 Å². The SMILES string of the molecule is CC1(C)c2ccccc2N2c3cccc4c3C35c6c2c1cc1c2ccccc2n(c61)-c1cc(-c2ccc(-c6ccccc6)cc2)cc([n+]13)-c1cc(-c2ccc(-c3ccccc3)cc2)cc([n+]15)O4. The highest BCUT2D eigenvalue weighted by atomic mass is 16.5. The highest BCUT2D eigenvalue weighted by molar-refractivity contribution is 6.15. The first-order chi connectivity index (χ1) is 33.0. The predicted molar refractivity (Wildman–Crippen MR) is 267 cm³/mol. The van der Waals surface area contributed by atoms with Crippen molar-refractivity contribution >= 4 is 38.9 Å². The molecule has 8 aromatic carbocycles. The van der Waals surface area contributed by atoms with Crippen LogP contribution in [0.15, 0.2) is 206 Å². The summed E-state index contributed by atoms with van der Waals surface area (Å²) >= 11 is 0. The van der Waals surface area contributed by atoms with E-state index >= 15 is 0 Å². The first kappa shape index (κ1) is 35.8. The molecule has 1 spiro atoms. The van der Waals surface area contributed by atoms with Crippen LogP contribution < -0.4 is 18.8 Å². The topological polar surface area (TPSA) is 25.2 Å². The average Bonchev–Trinajstić information content (AvgIpc) is 3.88. The molecule has 0 aliphatic carbocycles. The number of hydrogen-bond donors (Lipinski definition) is 0. The zero-order valence-electron chi connectivity index (χ0n) is 36.8. The van der Waals surface area contributed by atoms with Gasteiger partial charge in [-0.25, -0.2) is 0 Å². The third kappa shape index (κ3) is 4.27. The van der Waals surface area contributed by atoms with Crippen LogP contribution in [0.5, 0.6) is 11.6 Å². The lowest BCUT2D eigenvalue weighted by atomic mass is 9.68. The highest BCUT2D eigenvalue weighted by Crippen LogP contribution is 2.65. The normalized spacial score (nSPS) is 16.5. The number of para-hydroxylation sites is 2. The number of hydrogen-bond acceptors (Lipinski definition) is 2. The van der Waals surface area contributed by atoms with Gasteiger partial charge in [0.15, 0.2) is 11.3 Å². The van der Waals surface area contributed by atoms with Gasteiger partial charge in [-0.1, -0.05) is 159 Å². The van der Waals surface area contributed by atoms with Gasteiger partial charge in [0.2, 0.25) is 5.69 Å². The molecule has 16 rings (SSSR count). The van der Waals surface area contributed by atoms with E-state index in [0.717, 1.165) is 56.8 Å². The van der Waals surface area contributed by atoms with E-state index in [1.807, 2.05) is 0 Å². The molecule has 0 fully saturated rings. The maximum absolute atomic E-state index is 7.36. The summed E-state index contributed by atoms with van der Waals surface area (Å²) in [6, 6.07) is 76.3. The smallest absolute Gasteiger partial charge is 0.379 e. The predicted octanol–water partition coefficient (Wildman–Crippen LogP) is 14.1. The van der Waals surface area contributed by atoms with Gasteiger partial charge in [0.1, 0.15) is 16.6 Å². The number of benzene rings is 8. The third-order valence-electron chi connectivity index (χ3n) is 15.7. The Balaban J connectivity index is 1.06. The minimum Gasteiger partial charge on any atom is -0.404 e. The lowest BCUT2D eigenvalue weighted by Crippen LogP contribution is -2.75. The van der Waals surface area contributed by atoms with Crippen LogP contribution in [-0.4, -0.2) is 4.57 Å². The maximum Gasteiger partial charge on any atom is 0.379 e. The van der Waals surface area contributed by atoms with E-state index in [1.54, 1.807) is 0 Å². The van der Waals surface area contributed by atoms with E-state index in [1.165, 1.54) is 77.7 Å². The second-order valence-corrected chi connectivity index (χ2v) is 19.3. The molecule has 5 aliphatic rings. The quantitative estimate of drug-likeness (QED) is 0.165. The Bertz CT molecular complexity index is 4020. The van der Waals surface area contributed by atoms with Crippen molar-refractivity contribution in [2.45, 2.75) is 24.9 Å². The van der Waals surface area contributed by atoms with Crippen molar-refractivity contribution in [3.63, 3.8) is 0 Å². The molecule has 0 amide bonds. The van der Waals surface area contributed by atoms with Gasteiger partial charge in [0.25, 0.3) is 11.5 Å². The molecule has 312 valence electrons. The van der Waals surface area contributed by atoms with Crippen molar-refractivity contribution in [1.29, 1.82) is 0 Å². The molecule has 5 nitrogen and oxygen atoms in total. The van der Waals surface area contributed by atoms with Crippen molar-refractivity contribution in [2.75, 3.05) is 4.90 Å². The summed E-state index contributed by atoms with van der Waals surface area (Å²) in [6.07, 6.45) is 0. The van der Waals surface area contributed by atoms with Crippen molar-refractivity contribution in [1.82, 2.24) is 4.57 Å². The summed E-state index contributed by atoms with van der Waals surface area (Å²) in [6.45, 7) is 4.84. The first-order valence-electron chi connectivity index (χ1n) is 23.3. The molecule has 1 unspecified atom stereocenters. The van der Waals surface area contributed by atoms with Crippen LogP contribution in [0.1, 0.15) is 36.1 Å². The van der Waals surface area contributed by atoms with E-state index in [2.05, 4.69) is 239 Å². The average molecular weight is 857 g/mol. The van der Waals surface area contributed by atoms with Crippen LogP contribution >= 0.6 is 0 Å². The Morgan fingerprint density at radius 1 is 0.433 bits per heavy atom. The molecule has 0 saturated carbocycles. The standard InChI is InChI=1S/C62H40N4O/c1-61(2)47-19-10-12-21-50(47)63-51-22-13-23-54-57(51)62-58-59-46(36-48(61)60(58)63)45-18-9-11-20-49(45)64(59)55-34-43(41-28-24-39(25-29-41)37-14-5-3-6-15-37)32-52(65(55)62)53-33-44(35-56(67-54)66(53)62)42-30-26-40(27-31-42)38-16-7-4-8-17-38/h3-36H,1-2H3/q+2. The van der Waals surface area contributed by atoms with Gasteiger partial charge in [-0.15, -0.1) is 9.13 Å². The molecule has 11 aromatic rings. The number of pyridine rings is 2. The van der Waals surface area contributed by atoms with E-state index in [4.69, 9.17) is 4.74 Å². The maximum atomic E-state index is 7.36. The van der Waals surface area contributed by atoms with Crippen LogP contribution in [0, 0.1) is 0 Å². The number of anilines is 3. The number of fused-ring (bicyclic) bond motifs is 8. The Morgan fingerprint density at radius 3 is 1.70 bits per heavy atom. The second kappa shape index (κ2) is 12.2. The lowest BCUT2D eigenvalue weighted by Gasteiger charge is -2.48. The summed E-state index contributed by atoms with van der Waals surface area (Å²) in [5, 5.41) is 2.53. The molecule has 67 heavy (non-hydrogen) atoms. The van der Waals surface area contributed by atoms with E-state index in [-0.39, 0.29) is 5.41 Å². The minimum atomic E-state index is -0.808. The molecule has 5 heteroatoms. The van der Waals surface area contributed by atoms with Crippen LogP contribution in [-0.2, 0) is 11.1 Å². The molecule has 5 aliphatic heterocycles. The number of rotatable bonds is 4. The molecule has 0 bridgehead atoms. The summed E-state index contributed by atoms with van der Waals surface area (Å²) in [4.78, 5) is 2.57. The molecule has 1 atom stereocenters. The summed E-state index contributed by atoms with van der Waals surface area (Å²) < 4.78 is 15.2. The third-order valence-corrected chi connectivity index (χ3v) is 15.7. The van der Waals surface area contributed by atoms with Gasteiger partial charge in [-0.3, -0.25) is 0 Å². The van der Waals surface area contributed by atoms with Crippen LogP contribution in [0.25, 0.3) is 83.5 Å². The van der Waals surface area contributed by atoms with Crippen molar-refractivity contribution in [3.8, 4) is 73.3 Å². The fourth-order valence-corrected chi connectivity index (χ4v) is 12.8. The van der Waals surface area contributed by atoms with Gasteiger partial charge in [0, 0.05) is 34.4 Å². The second-order valence-electron chi connectivity index (χ2n) is 19.3. The van der Waals surface area contributed by atoms with Crippen LogP contribution in [0.2, 0.25) is 0 Å². The molecule has 0 saturated heterocycles. The van der Waals surface area contributed by atoms with Gasteiger partial charge in [-0.2, -0.15) is 4.57 Å². The Kier molecular flexibility index (Phi) is 6.52. The number of ether oxygens (including phenoxy) is 1. The summed E-state index contributed by atoms with van der Waals surface area (Å²) in [5.41, 5.74) is 21.8. The number of nitrogens with zero attached hydrogens (tertiary/aromatic N) is 4. The van der Waals surface area contributed by atoms with Gasteiger partial charge in [0.05, 0.1) is 23.1 Å². The molecule has 0 N–H and O–H groups in total. The monoisotopic (exact) mass is 856 g/mol.